The Morgan fingerprint density at radius 1 is 0.783 bits per heavy atom. The summed E-state index contributed by atoms with van der Waals surface area (Å²) < 4.78 is 0. The van der Waals surface area contributed by atoms with Crippen LogP contribution in [0.4, 0.5) is 5.69 Å². The lowest BCUT2D eigenvalue weighted by atomic mass is 9.94. The predicted octanol–water partition coefficient (Wildman–Crippen LogP) is 3.62. The molecule has 0 atom stereocenters. The number of carbonyl (C=O) groups excluding carboxylic acids is 2. The molecule has 3 aromatic carbocycles. The number of benzene rings is 3. The standard InChI is InChI=1S/C20H11NO2/c1-2-13-9-11-15(12-10-13)21-19(22)16-7-3-5-14-6-4-8-17(18(14)16)20(21)23/h1,3-12H. The van der Waals surface area contributed by atoms with Gasteiger partial charge in [-0.1, -0.05) is 30.2 Å². The molecule has 2 amide bonds. The molecule has 0 aliphatic carbocycles. The van der Waals surface area contributed by atoms with Crippen molar-refractivity contribution in [3.63, 3.8) is 0 Å². The van der Waals surface area contributed by atoms with Gasteiger partial charge in [0.2, 0.25) is 0 Å². The Morgan fingerprint density at radius 2 is 1.35 bits per heavy atom. The lowest BCUT2D eigenvalue weighted by Crippen LogP contribution is -2.40. The Morgan fingerprint density at radius 3 is 1.87 bits per heavy atom. The molecule has 3 aromatic rings. The van der Waals surface area contributed by atoms with Crippen LogP contribution in [0.5, 0.6) is 0 Å². The average Bonchev–Trinajstić information content (AvgIpc) is 2.60. The summed E-state index contributed by atoms with van der Waals surface area (Å²) in [7, 11) is 0. The fraction of sp³-hybridized carbons (Fsp3) is 0. The Labute approximate surface area is 133 Å². The maximum absolute atomic E-state index is 12.8. The first-order valence-corrected chi connectivity index (χ1v) is 7.18. The number of carbonyl (C=O) groups is 2. The minimum atomic E-state index is -0.312. The molecule has 0 unspecified atom stereocenters. The first kappa shape index (κ1) is 13.3. The van der Waals surface area contributed by atoms with Crippen molar-refractivity contribution >= 4 is 28.3 Å². The van der Waals surface area contributed by atoms with Crippen molar-refractivity contribution in [2.45, 2.75) is 0 Å². The molecule has 0 saturated carbocycles. The number of imide groups is 1. The largest absolute Gasteiger partial charge is 0.268 e. The van der Waals surface area contributed by atoms with Crippen LogP contribution >= 0.6 is 0 Å². The van der Waals surface area contributed by atoms with E-state index in [9.17, 15) is 9.59 Å². The highest BCUT2D eigenvalue weighted by Gasteiger charge is 2.33. The molecule has 4 rings (SSSR count). The molecular weight excluding hydrogens is 286 g/mol. The van der Waals surface area contributed by atoms with E-state index in [1.165, 1.54) is 4.90 Å². The number of anilines is 1. The summed E-state index contributed by atoms with van der Waals surface area (Å²) >= 11 is 0. The summed E-state index contributed by atoms with van der Waals surface area (Å²) in [6, 6.07) is 17.8. The summed E-state index contributed by atoms with van der Waals surface area (Å²) in [5.74, 6) is 1.90. The van der Waals surface area contributed by atoms with E-state index >= 15 is 0 Å². The van der Waals surface area contributed by atoms with Crippen molar-refractivity contribution in [3.8, 4) is 12.3 Å². The first-order chi connectivity index (χ1) is 11.2. The van der Waals surface area contributed by atoms with Crippen LogP contribution in [-0.4, -0.2) is 11.8 Å². The molecule has 23 heavy (non-hydrogen) atoms. The van der Waals surface area contributed by atoms with E-state index in [2.05, 4.69) is 5.92 Å². The predicted molar refractivity (Wildman–Crippen MR) is 89.5 cm³/mol. The minimum absolute atomic E-state index is 0.312. The number of hydrogen-bond donors (Lipinski definition) is 0. The van der Waals surface area contributed by atoms with Gasteiger partial charge in [0.15, 0.2) is 0 Å². The van der Waals surface area contributed by atoms with Gasteiger partial charge in [-0.25, -0.2) is 4.90 Å². The molecule has 0 radical (unpaired) electrons. The number of nitrogens with zero attached hydrogens (tertiary/aromatic N) is 1. The highest BCUT2D eigenvalue weighted by molar-refractivity contribution is 6.35. The number of amides is 2. The zero-order valence-corrected chi connectivity index (χ0v) is 12.1. The van der Waals surface area contributed by atoms with Crippen LogP contribution in [0.2, 0.25) is 0 Å². The van der Waals surface area contributed by atoms with Crippen LogP contribution in [0.3, 0.4) is 0 Å². The maximum atomic E-state index is 12.8. The molecule has 3 nitrogen and oxygen atoms in total. The zero-order valence-electron chi connectivity index (χ0n) is 12.1. The van der Waals surface area contributed by atoms with Gasteiger partial charge in [-0.2, -0.15) is 0 Å². The summed E-state index contributed by atoms with van der Waals surface area (Å²) in [5, 5.41) is 1.62. The summed E-state index contributed by atoms with van der Waals surface area (Å²) in [6.45, 7) is 0. The molecule has 0 saturated heterocycles. The van der Waals surface area contributed by atoms with Gasteiger partial charge in [0.05, 0.1) is 5.69 Å². The fourth-order valence-electron chi connectivity index (χ4n) is 2.97. The normalized spacial score (nSPS) is 13.3. The number of terminal acetylenes is 1. The SMILES string of the molecule is C#Cc1ccc(N2C(=O)c3cccc4cccc(c34)C2=O)cc1. The van der Waals surface area contributed by atoms with Gasteiger partial charge in [-0.15, -0.1) is 6.42 Å². The van der Waals surface area contributed by atoms with Gasteiger partial charge in [-0.3, -0.25) is 9.59 Å². The van der Waals surface area contributed by atoms with Crippen molar-refractivity contribution in [1.82, 2.24) is 0 Å². The topological polar surface area (TPSA) is 37.4 Å². The van der Waals surface area contributed by atoms with E-state index in [4.69, 9.17) is 6.42 Å². The molecule has 108 valence electrons. The molecule has 1 aliphatic heterocycles. The third kappa shape index (κ3) is 1.86. The summed E-state index contributed by atoms with van der Waals surface area (Å²) in [4.78, 5) is 26.9. The Hall–Kier alpha value is -3.38. The lowest BCUT2D eigenvalue weighted by molar-refractivity contribution is 0.0893. The Balaban J connectivity index is 1.93. The van der Waals surface area contributed by atoms with Crippen LogP contribution in [-0.2, 0) is 0 Å². The van der Waals surface area contributed by atoms with E-state index in [0.717, 1.165) is 10.8 Å². The summed E-state index contributed by atoms with van der Waals surface area (Å²) in [6.07, 6.45) is 5.35. The molecule has 0 fully saturated rings. The first-order valence-electron chi connectivity index (χ1n) is 7.18. The lowest BCUT2D eigenvalue weighted by Gasteiger charge is -2.27. The maximum Gasteiger partial charge on any atom is 0.265 e. The van der Waals surface area contributed by atoms with Crippen molar-refractivity contribution in [3.05, 3.63) is 77.4 Å². The van der Waals surface area contributed by atoms with Crippen LogP contribution < -0.4 is 4.90 Å². The molecule has 3 heteroatoms. The third-order valence-electron chi connectivity index (χ3n) is 4.06. The summed E-state index contributed by atoms with van der Waals surface area (Å²) in [5.41, 5.74) is 2.30. The highest BCUT2D eigenvalue weighted by atomic mass is 16.2. The smallest absolute Gasteiger partial charge is 0.265 e. The minimum Gasteiger partial charge on any atom is -0.268 e. The molecule has 0 aromatic heterocycles. The molecule has 0 N–H and O–H groups in total. The van der Waals surface area contributed by atoms with Crippen molar-refractivity contribution < 1.29 is 9.59 Å². The van der Waals surface area contributed by atoms with Gasteiger partial charge < -0.3 is 0 Å². The fourth-order valence-corrected chi connectivity index (χ4v) is 2.97. The second-order valence-corrected chi connectivity index (χ2v) is 5.35. The van der Waals surface area contributed by atoms with Gasteiger partial charge >= 0.3 is 0 Å². The third-order valence-corrected chi connectivity index (χ3v) is 4.06. The van der Waals surface area contributed by atoms with Gasteiger partial charge in [0.25, 0.3) is 11.8 Å². The van der Waals surface area contributed by atoms with E-state index in [0.29, 0.717) is 22.4 Å². The van der Waals surface area contributed by atoms with Crippen LogP contribution in [0.25, 0.3) is 10.8 Å². The van der Waals surface area contributed by atoms with Crippen LogP contribution in [0.1, 0.15) is 26.3 Å². The monoisotopic (exact) mass is 297 g/mol. The molecular formula is C20H11NO2. The van der Waals surface area contributed by atoms with E-state index in [1.807, 2.05) is 24.3 Å². The van der Waals surface area contributed by atoms with E-state index in [1.54, 1.807) is 36.4 Å². The molecule has 0 spiro atoms. The van der Waals surface area contributed by atoms with Crippen LogP contribution in [0.15, 0.2) is 60.7 Å². The van der Waals surface area contributed by atoms with Crippen molar-refractivity contribution in [2.75, 3.05) is 4.90 Å². The number of rotatable bonds is 1. The van der Waals surface area contributed by atoms with Gasteiger partial charge in [0, 0.05) is 22.1 Å². The molecule has 1 heterocycles. The second kappa shape index (κ2) is 4.82. The van der Waals surface area contributed by atoms with Gasteiger partial charge in [-0.05, 0) is 41.8 Å². The second-order valence-electron chi connectivity index (χ2n) is 5.35. The van der Waals surface area contributed by atoms with E-state index in [-0.39, 0.29) is 11.8 Å². The highest BCUT2D eigenvalue weighted by Crippen LogP contribution is 2.32. The van der Waals surface area contributed by atoms with Crippen molar-refractivity contribution in [2.24, 2.45) is 0 Å². The van der Waals surface area contributed by atoms with Crippen LogP contribution in [0, 0.1) is 12.3 Å². The average molecular weight is 297 g/mol. The number of hydrogen-bond acceptors (Lipinski definition) is 2. The molecule has 0 bridgehead atoms. The van der Waals surface area contributed by atoms with Gasteiger partial charge in [0.1, 0.15) is 0 Å². The Bertz CT molecular complexity index is 959. The molecule has 1 aliphatic rings. The van der Waals surface area contributed by atoms with Crippen molar-refractivity contribution in [1.29, 1.82) is 0 Å². The van der Waals surface area contributed by atoms with E-state index < -0.39 is 0 Å². The zero-order chi connectivity index (χ0) is 16.0. The quantitative estimate of drug-likeness (QED) is 0.508. The Kier molecular flexibility index (Phi) is 2.79.